The lowest BCUT2D eigenvalue weighted by molar-refractivity contribution is 0.0825. The smallest absolute Gasteiger partial charge is 0.174 e. The highest BCUT2D eigenvalue weighted by atomic mass is 19.1. The van der Waals surface area contributed by atoms with Crippen LogP contribution in [0.5, 0.6) is 0 Å². The fourth-order valence-electron chi connectivity index (χ4n) is 4.05. The molecule has 1 atom stereocenters. The number of pyridine rings is 1. The van der Waals surface area contributed by atoms with Crippen molar-refractivity contribution in [1.29, 1.82) is 0 Å². The van der Waals surface area contributed by atoms with Gasteiger partial charge in [-0.1, -0.05) is 38.1 Å². The molecule has 1 aliphatic heterocycles. The zero-order valence-electron chi connectivity index (χ0n) is 19.6. The number of hydrogen-bond acceptors (Lipinski definition) is 4. The van der Waals surface area contributed by atoms with E-state index in [2.05, 4.69) is 17.1 Å². The number of ketones is 1. The number of hydrogen-bond donors (Lipinski definition) is 0. The Kier molecular flexibility index (Phi) is 6.68. The summed E-state index contributed by atoms with van der Waals surface area (Å²) in [6.07, 6.45) is 3.40. The maximum Gasteiger partial charge on any atom is 0.174 e. The Balaban J connectivity index is 1.70. The van der Waals surface area contributed by atoms with Crippen LogP contribution >= 0.6 is 0 Å². The molecule has 0 fully saturated rings. The number of aryl methyl sites for hydroxylation is 2. The van der Waals surface area contributed by atoms with E-state index in [0.717, 1.165) is 29.0 Å². The summed E-state index contributed by atoms with van der Waals surface area (Å²) < 4.78 is 14.8. The van der Waals surface area contributed by atoms with E-state index in [9.17, 15) is 9.18 Å². The van der Waals surface area contributed by atoms with Gasteiger partial charge >= 0.3 is 0 Å². The zero-order valence-corrected chi connectivity index (χ0v) is 19.6. The molecular formula is C28H29FN2O2. The van der Waals surface area contributed by atoms with E-state index in [0.29, 0.717) is 29.5 Å². The summed E-state index contributed by atoms with van der Waals surface area (Å²) in [6, 6.07) is 14.7. The lowest BCUT2D eigenvalue weighted by Crippen LogP contribution is -2.08. The minimum absolute atomic E-state index is 0.0361. The van der Waals surface area contributed by atoms with Crippen LogP contribution in [0, 0.1) is 18.7 Å². The van der Waals surface area contributed by atoms with Crippen LogP contribution in [-0.2, 0) is 11.3 Å². The van der Waals surface area contributed by atoms with Gasteiger partial charge in [0.25, 0.3) is 0 Å². The van der Waals surface area contributed by atoms with E-state index in [1.807, 2.05) is 51.1 Å². The van der Waals surface area contributed by atoms with Gasteiger partial charge in [0.2, 0.25) is 0 Å². The Morgan fingerprint density at radius 2 is 1.91 bits per heavy atom. The van der Waals surface area contributed by atoms with Crippen molar-refractivity contribution < 1.29 is 14.0 Å². The Morgan fingerprint density at radius 1 is 1.12 bits per heavy atom. The second-order valence-electron chi connectivity index (χ2n) is 9.08. The van der Waals surface area contributed by atoms with Gasteiger partial charge in [0.1, 0.15) is 5.82 Å². The molecule has 2 aromatic carbocycles. The third-order valence-electron chi connectivity index (χ3n) is 5.87. The summed E-state index contributed by atoms with van der Waals surface area (Å²) in [5, 5.41) is 4.32. The number of carbonyl (C=O) groups excluding carboxylic acids is 1. The van der Waals surface area contributed by atoms with E-state index >= 15 is 0 Å². The van der Waals surface area contributed by atoms with Gasteiger partial charge in [-0.25, -0.2) is 4.39 Å². The van der Waals surface area contributed by atoms with Gasteiger partial charge in [-0.05, 0) is 72.4 Å². The molecule has 0 N–H and O–H groups in total. The number of oxime groups is 1. The highest BCUT2D eigenvalue weighted by Crippen LogP contribution is 2.32. The molecule has 4 rings (SSSR count). The molecule has 1 aliphatic rings. The summed E-state index contributed by atoms with van der Waals surface area (Å²) in [4.78, 5) is 23.1. The number of rotatable bonds is 7. The molecule has 0 amide bonds. The quantitative estimate of drug-likeness (QED) is 0.374. The van der Waals surface area contributed by atoms with Gasteiger partial charge in [-0.3, -0.25) is 9.78 Å². The molecule has 1 aromatic heterocycles. The molecule has 0 spiro atoms. The number of carbonyl (C=O) groups is 1. The van der Waals surface area contributed by atoms with Crippen molar-refractivity contribution in [1.82, 2.24) is 4.98 Å². The molecule has 0 aliphatic carbocycles. The predicted molar refractivity (Wildman–Crippen MR) is 129 cm³/mol. The SMILES string of the molecule is CCc1ccnc(C2CC(c3cc(C(=O)CC(C)C)cc(-c4ccc(C)cc4F)c3)=NO2)c1. The van der Waals surface area contributed by atoms with Gasteiger partial charge in [-0.2, -0.15) is 0 Å². The van der Waals surface area contributed by atoms with Crippen LogP contribution in [0.25, 0.3) is 11.1 Å². The Morgan fingerprint density at radius 3 is 2.64 bits per heavy atom. The van der Waals surface area contributed by atoms with E-state index in [1.165, 1.54) is 11.6 Å². The minimum Gasteiger partial charge on any atom is -0.385 e. The first-order chi connectivity index (χ1) is 15.8. The Hall–Kier alpha value is -3.34. The van der Waals surface area contributed by atoms with Gasteiger partial charge in [-0.15, -0.1) is 0 Å². The standard InChI is InChI=1S/C28H29FN2O2/c1-5-19-8-9-30-26(12-19)28-16-25(31-33-28)21-13-20(23-7-6-18(4)11-24(23)29)14-22(15-21)27(32)10-17(2)3/h6-9,11-15,17,28H,5,10,16H2,1-4H3. The van der Waals surface area contributed by atoms with E-state index in [4.69, 9.17) is 4.84 Å². The van der Waals surface area contributed by atoms with Crippen LogP contribution in [-0.4, -0.2) is 16.5 Å². The fourth-order valence-corrected chi connectivity index (χ4v) is 4.05. The lowest BCUT2D eigenvalue weighted by atomic mass is 9.92. The van der Waals surface area contributed by atoms with E-state index in [-0.39, 0.29) is 23.6 Å². The molecule has 0 bridgehead atoms. The number of halogens is 1. The number of benzene rings is 2. The first kappa shape index (κ1) is 22.8. The molecule has 0 saturated heterocycles. The molecule has 4 nitrogen and oxygen atoms in total. The molecule has 0 saturated carbocycles. The van der Waals surface area contributed by atoms with Gasteiger partial charge in [0.05, 0.1) is 11.4 Å². The van der Waals surface area contributed by atoms with Crippen molar-refractivity contribution in [2.45, 2.75) is 53.1 Å². The average molecular weight is 445 g/mol. The Labute approximate surface area is 194 Å². The predicted octanol–water partition coefficient (Wildman–Crippen LogP) is 6.85. The fraction of sp³-hybridized carbons (Fsp3) is 0.321. The number of aromatic nitrogens is 1. The minimum atomic E-state index is -0.308. The monoisotopic (exact) mass is 444 g/mol. The van der Waals surface area contributed by atoms with Crippen molar-refractivity contribution in [2.75, 3.05) is 0 Å². The molecule has 0 radical (unpaired) electrons. The van der Waals surface area contributed by atoms with Gasteiger partial charge in [0.15, 0.2) is 11.9 Å². The highest BCUT2D eigenvalue weighted by molar-refractivity contribution is 6.05. The van der Waals surface area contributed by atoms with Crippen LogP contribution in [0.4, 0.5) is 4.39 Å². The highest BCUT2D eigenvalue weighted by Gasteiger charge is 2.26. The molecule has 2 heterocycles. The maximum absolute atomic E-state index is 14.8. The van der Waals surface area contributed by atoms with Crippen molar-refractivity contribution in [3.8, 4) is 11.1 Å². The summed E-state index contributed by atoms with van der Waals surface area (Å²) in [6.45, 7) is 7.98. The molecule has 33 heavy (non-hydrogen) atoms. The van der Waals surface area contributed by atoms with E-state index < -0.39 is 0 Å². The summed E-state index contributed by atoms with van der Waals surface area (Å²) >= 11 is 0. The average Bonchev–Trinajstić information content (AvgIpc) is 3.29. The van der Waals surface area contributed by atoms with Crippen molar-refractivity contribution in [2.24, 2.45) is 11.1 Å². The van der Waals surface area contributed by atoms with E-state index in [1.54, 1.807) is 18.3 Å². The van der Waals surface area contributed by atoms with Crippen LogP contribution in [0.3, 0.4) is 0 Å². The Bertz CT molecular complexity index is 1220. The van der Waals surface area contributed by atoms with Crippen LogP contribution in [0.1, 0.15) is 72.5 Å². The maximum atomic E-state index is 14.8. The lowest BCUT2D eigenvalue weighted by Gasteiger charge is -2.12. The molecule has 3 aromatic rings. The van der Waals surface area contributed by atoms with Crippen molar-refractivity contribution in [3.05, 3.63) is 88.5 Å². The molecule has 170 valence electrons. The topological polar surface area (TPSA) is 51.5 Å². The van der Waals surface area contributed by atoms with Crippen LogP contribution in [0.15, 0.2) is 59.9 Å². The number of nitrogens with zero attached hydrogens (tertiary/aromatic N) is 2. The molecule has 5 heteroatoms. The van der Waals surface area contributed by atoms with Gasteiger partial charge < -0.3 is 4.84 Å². The largest absolute Gasteiger partial charge is 0.385 e. The molecular weight excluding hydrogens is 415 g/mol. The molecule has 1 unspecified atom stereocenters. The van der Waals surface area contributed by atoms with Gasteiger partial charge in [0, 0.05) is 35.7 Å². The van der Waals surface area contributed by atoms with Crippen molar-refractivity contribution in [3.63, 3.8) is 0 Å². The normalized spacial score (nSPS) is 15.5. The van der Waals surface area contributed by atoms with Crippen molar-refractivity contribution >= 4 is 11.5 Å². The summed E-state index contributed by atoms with van der Waals surface area (Å²) in [5.74, 6) is -0.0411. The summed E-state index contributed by atoms with van der Waals surface area (Å²) in [7, 11) is 0. The van der Waals surface area contributed by atoms with Crippen LogP contribution in [0.2, 0.25) is 0 Å². The third-order valence-corrected chi connectivity index (χ3v) is 5.87. The summed E-state index contributed by atoms with van der Waals surface area (Å²) in [5.41, 5.74) is 6.07. The number of Topliss-reactive ketones (excluding diaryl/α,β-unsaturated/α-hetero) is 1. The second-order valence-corrected chi connectivity index (χ2v) is 9.08. The third kappa shape index (κ3) is 5.19. The van der Waals surface area contributed by atoms with Crippen LogP contribution < -0.4 is 0 Å². The zero-order chi connectivity index (χ0) is 23.5. The first-order valence-electron chi connectivity index (χ1n) is 11.5. The first-order valence-corrected chi connectivity index (χ1v) is 11.5. The second kappa shape index (κ2) is 9.65.